The second-order valence-electron chi connectivity index (χ2n) is 4.79. The largest absolute Gasteiger partial charge is 0.491 e. The molecule has 0 aliphatic heterocycles. The molecule has 0 radical (unpaired) electrons. The van der Waals surface area contributed by atoms with E-state index in [1.807, 2.05) is 23.9 Å². The summed E-state index contributed by atoms with van der Waals surface area (Å²) in [7, 11) is 0. The van der Waals surface area contributed by atoms with Crippen LogP contribution in [0.15, 0.2) is 18.2 Å². The molecule has 0 spiro atoms. The highest BCUT2D eigenvalue weighted by Gasteiger charge is 2.15. The van der Waals surface area contributed by atoms with Crippen LogP contribution in [0.4, 0.5) is 0 Å². The van der Waals surface area contributed by atoms with E-state index in [4.69, 9.17) is 16.3 Å². The van der Waals surface area contributed by atoms with Gasteiger partial charge in [0.15, 0.2) is 0 Å². The molecular formula is C15H21ClN2OS. The number of rotatable bonds is 7. The molecule has 1 aromatic carbocycles. The van der Waals surface area contributed by atoms with Crippen LogP contribution in [0.5, 0.6) is 5.75 Å². The lowest BCUT2D eigenvalue weighted by atomic mass is 10.3. The number of fused-ring (bicyclic) bond motifs is 1. The molecule has 0 amide bonds. The molecule has 0 saturated heterocycles. The number of thioether (sulfide) groups is 1. The zero-order valence-corrected chi connectivity index (χ0v) is 13.8. The maximum atomic E-state index is 6.06. The number of imidazole rings is 1. The molecular weight excluding hydrogens is 292 g/mol. The fourth-order valence-electron chi connectivity index (χ4n) is 2.14. The smallest absolute Gasteiger partial charge is 0.147 e. The van der Waals surface area contributed by atoms with E-state index in [-0.39, 0.29) is 0 Å². The molecule has 1 heterocycles. The Hall–Kier alpha value is -0.870. The second kappa shape index (κ2) is 7.23. The summed E-state index contributed by atoms with van der Waals surface area (Å²) in [6, 6.07) is 6.09. The Morgan fingerprint density at radius 3 is 2.90 bits per heavy atom. The highest BCUT2D eigenvalue weighted by Crippen LogP contribution is 2.28. The van der Waals surface area contributed by atoms with Crippen molar-refractivity contribution in [3.63, 3.8) is 0 Å². The summed E-state index contributed by atoms with van der Waals surface area (Å²) in [5.74, 6) is 2.18. The summed E-state index contributed by atoms with van der Waals surface area (Å²) in [5, 5.41) is 0.523. The van der Waals surface area contributed by atoms with Gasteiger partial charge in [-0.3, -0.25) is 0 Å². The van der Waals surface area contributed by atoms with Gasteiger partial charge in [0.1, 0.15) is 17.1 Å². The van der Waals surface area contributed by atoms with Gasteiger partial charge in [-0.15, -0.1) is 11.6 Å². The number of hydrogen-bond donors (Lipinski definition) is 0. The monoisotopic (exact) mass is 312 g/mol. The Balaban J connectivity index is 2.45. The molecule has 0 bridgehead atoms. The van der Waals surface area contributed by atoms with Crippen LogP contribution < -0.4 is 4.74 Å². The lowest BCUT2D eigenvalue weighted by Gasteiger charge is -2.12. The van der Waals surface area contributed by atoms with Crippen molar-refractivity contribution in [1.29, 1.82) is 0 Å². The predicted molar refractivity (Wildman–Crippen MR) is 88.1 cm³/mol. The molecule has 1 unspecified atom stereocenters. The number of para-hydroxylation sites is 1. The minimum atomic E-state index is 0.420. The van der Waals surface area contributed by atoms with Crippen LogP contribution in [0.2, 0.25) is 0 Å². The molecule has 1 aromatic heterocycles. The first-order chi connectivity index (χ1) is 9.71. The van der Waals surface area contributed by atoms with Crippen molar-refractivity contribution in [2.45, 2.75) is 37.9 Å². The third-order valence-corrected chi connectivity index (χ3v) is 4.44. The topological polar surface area (TPSA) is 27.1 Å². The number of ether oxygens (including phenoxy) is 1. The quantitative estimate of drug-likeness (QED) is 0.713. The maximum absolute atomic E-state index is 6.06. The van der Waals surface area contributed by atoms with Gasteiger partial charge in [0.05, 0.1) is 18.0 Å². The summed E-state index contributed by atoms with van der Waals surface area (Å²) in [5.41, 5.74) is 2.03. The van der Waals surface area contributed by atoms with Crippen LogP contribution in [-0.2, 0) is 12.4 Å². The van der Waals surface area contributed by atoms with Gasteiger partial charge in [0.2, 0.25) is 0 Å². The Morgan fingerprint density at radius 1 is 1.45 bits per heavy atom. The third kappa shape index (κ3) is 3.23. The number of alkyl halides is 1. The van der Waals surface area contributed by atoms with Crippen molar-refractivity contribution in [2.75, 3.05) is 12.9 Å². The lowest BCUT2D eigenvalue weighted by Crippen LogP contribution is -2.11. The van der Waals surface area contributed by atoms with Gasteiger partial charge < -0.3 is 9.30 Å². The molecule has 0 saturated carbocycles. The lowest BCUT2D eigenvalue weighted by molar-refractivity contribution is 0.320. The zero-order valence-electron chi connectivity index (χ0n) is 12.2. The van der Waals surface area contributed by atoms with E-state index in [9.17, 15) is 0 Å². The first-order valence-corrected chi connectivity index (χ1v) is 8.73. The molecule has 2 aromatic rings. The van der Waals surface area contributed by atoms with Gasteiger partial charge in [0.25, 0.3) is 0 Å². The van der Waals surface area contributed by atoms with Gasteiger partial charge in [0, 0.05) is 11.8 Å². The van der Waals surface area contributed by atoms with Crippen LogP contribution in [-0.4, -0.2) is 27.7 Å². The van der Waals surface area contributed by atoms with E-state index < -0.39 is 0 Å². The molecule has 0 N–H and O–H groups in total. The average Bonchev–Trinajstić information content (AvgIpc) is 2.83. The number of nitrogens with zero attached hydrogens (tertiary/aromatic N) is 2. The molecule has 110 valence electrons. The maximum Gasteiger partial charge on any atom is 0.147 e. The van der Waals surface area contributed by atoms with Gasteiger partial charge >= 0.3 is 0 Å². The minimum absolute atomic E-state index is 0.420. The Kier molecular flexibility index (Phi) is 5.61. The number of aromatic nitrogens is 2. The standard InChI is InChI=1S/C15H21ClN2OS/c1-4-8-19-13-7-5-6-12-15(13)17-14(9-16)18(12)10-11(2)20-3/h5-7,11H,4,8-10H2,1-3H3. The SMILES string of the molecule is CCCOc1cccc2c1nc(CCl)n2CC(C)SC. The zero-order chi connectivity index (χ0) is 14.5. The van der Waals surface area contributed by atoms with E-state index >= 15 is 0 Å². The second-order valence-corrected chi connectivity index (χ2v) is 6.33. The van der Waals surface area contributed by atoms with E-state index in [1.165, 1.54) is 0 Å². The van der Waals surface area contributed by atoms with Crippen molar-refractivity contribution in [3.05, 3.63) is 24.0 Å². The van der Waals surface area contributed by atoms with E-state index in [1.54, 1.807) is 0 Å². The minimum Gasteiger partial charge on any atom is -0.491 e. The third-order valence-electron chi connectivity index (χ3n) is 3.24. The highest BCUT2D eigenvalue weighted by molar-refractivity contribution is 7.99. The fourth-order valence-corrected chi connectivity index (χ4v) is 2.64. The average molecular weight is 313 g/mol. The molecule has 20 heavy (non-hydrogen) atoms. The van der Waals surface area contributed by atoms with Gasteiger partial charge in [-0.05, 0) is 24.8 Å². The first-order valence-electron chi connectivity index (χ1n) is 6.90. The molecule has 5 heteroatoms. The van der Waals surface area contributed by atoms with Crippen molar-refractivity contribution in [2.24, 2.45) is 0 Å². The van der Waals surface area contributed by atoms with Gasteiger partial charge in [-0.1, -0.05) is 19.9 Å². The van der Waals surface area contributed by atoms with Gasteiger partial charge in [-0.2, -0.15) is 11.8 Å². The first kappa shape index (κ1) is 15.5. The van der Waals surface area contributed by atoms with E-state index in [0.717, 1.165) is 35.6 Å². The predicted octanol–water partition coefficient (Wildman–Crippen LogP) is 4.32. The molecule has 0 aliphatic carbocycles. The normalized spacial score (nSPS) is 12.8. The summed E-state index contributed by atoms with van der Waals surface area (Å²) < 4.78 is 8.00. The Morgan fingerprint density at radius 2 is 2.25 bits per heavy atom. The summed E-state index contributed by atoms with van der Waals surface area (Å²) >= 11 is 7.90. The van der Waals surface area contributed by atoms with Crippen molar-refractivity contribution in [3.8, 4) is 5.75 Å². The van der Waals surface area contributed by atoms with Crippen molar-refractivity contribution in [1.82, 2.24) is 9.55 Å². The van der Waals surface area contributed by atoms with E-state index in [2.05, 4.69) is 35.7 Å². The summed E-state index contributed by atoms with van der Waals surface area (Å²) in [6.07, 6.45) is 3.11. The Labute approximate surface area is 129 Å². The number of halogens is 1. The van der Waals surface area contributed by atoms with Crippen LogP contribution >= 0.6 is 23.4 Å². The summed E-state index contributed by atoms with van der Waals surface area (Å²) in [4.78, 5) is 4.67. The van der Waals surface area contributed by atoms with Crippen LogP contribution in [0.1, 0.15) is 26.1 Å². The van der Waals surface area contributed by atoms with Gasteiger partial charge in [-0.25, -0.2) is 4.98 Å². The van der Waals surface area contributed by atoms with Crippen molar-refractivity contribution >= 4 is 34.4 Å². The molecule has 0 aliphatic rings. The van der Waals surface area contributed by atoms with Crippen LogP contribution in [0.3, 0.4) is 0 Å². The fraction of sp³-hybridized carbons (Fsp3) is 0.533. The van der Waals surface area contributed by atoms with Crippen LogP contribution in [0, 0.1) is 0 Å². The molecule has 2 rings (SSSR count). The van der Waals surface area contributed by atoms with Crippen LogP contribution in [0.25, 0.3) is 11.0 Å². The van der Waals surface area contributed by atoms with Crippen molar-refractivity contribution < 1.29 is 4.74 Å². The summed E-state index contributed by atoms with van der Waals surface area (Å²) in [6.45, 7) is 5.94. The number of hydrogen-bond acceptors (Lipinski definition) is 3. The van der Waals surface area contributed by atoms with E-state index in [0.29, 0.717) is 17.7 Å². The Bertz CT molecular complexity index is 570. The molecule has 1 atom stereocenters. The molecule has 0 fully saturated rings. The number of benzene rings is 1. The molecule has 3 nitrogen and oxygen atoms in total. The highest BCUT2D eigenvalue weighted by atomic mass is 35.5.